The number of carbonyl (C=O) groups is 1. The Bertz CT molecular complexity index is 721. The van der Waals surface area contributed by atoms with E-state index in [4.69, 9.17) is 4.74 Å². The number of carbonyl (C=O) groups excluding carboxylic acids is 1. The fourth-order valence-corrected chi connectivity index (χ4v) is 2.36. The van der Waals surface area contributed by atoms with Crippen LogP contribution in [0.4, 0.5) is 5.69 Å². The third-order valence-electron chi connectivity index (χ3n) is 4.00. The van der Waals surface area contributed by atoms with Crippen LogP contribution in [0, 0.1) is 0 Å². The van der Waals surface area contributed by atoms with E-state index in [1.807, 2.05) is 61.7 Å². The zero-order valence-corrected chi connectivity index (χ0v) is 15.4. The van der Waals surface area contributed by atoms with Gasteiger partial charge in [-0.15, -0.1) is 0 Å². The largest absolute Gasteiger partial charge is 0.497 e. The summed E-state index contributed by atoms with van der Waals surface area (Å²) in [6, 6.07) is 15.4. The summed E-state index contributed by atoms with van der Waals surface area (Å²) < 4.78 is 5.14. The highest BCUT2D eigenvalue weighted by Gasteiger charge is 2.06. The number of allylic oxidation sites excluding steroid dienone is 1. The first-order valence-electron chi connectivity index (χ1n) is 8.32. The molecule has 0 aliphatic carbocycles. The van der Waals surface area contributed by atoms with Gasteiger partial charge in [0.2, 0.25) is 0 Å². The van der Waals surface area contributed by atoms with Crippen LogP contribution in [0.25, 0.3) is 6.08 Å². The fraction of sp³-hybridized carbons (Fsp3) is 0.286. The number of rotatable bonds is 8. The van der Waals surface area contributed by atoms with Crippen LogP contribution in [-0.4, -0.2) is 52.0 Å². The molecule has 0 bridgehead atoms. The third kappa shape index (κ3) is 5.76. The number of hydrogen-bond donors (Lipinski definition) is 0. The highest BCUT2D eigenvalue weighted by atomic mass is 16.5. The second-order valence-electron chi connectivity index (χ2n) is 6.25. The SMILES string of the molecule is COc1ccc(C=CC(=O)c2cccc(N(C)CCN(C)C)c2)cc1. The maximum absolute atomic E-state index is 12.4. The van der Waals surface area contributed by atoms with Gasteiger partial charge in [0, 0.05) is 31.4 Å². The van der Waals surface area contributed by atoms with Crippen molar-refractivity contribution in [2.45, 2.75) is 0 Å². The lowest BCUT2D eigenvalue weighted by atomic mass is 10.1. The molecule has 2 aromatic rings. The first-order chi connectivity index (χ1) is 12.0. The summed E-state index contributed by atoms with van der Waals surface area (Å²) in [5.41, 5.74) is 2.71. The molecule has 0 saturated heterocycles. The third-order valence-corrected chi connectivity index (χ3v) is 4.00. The zero-order valence-electron chi connectivity index (χ0n) is 15.4. The number of anilines is 1. The van der Waals surface area contributed by atoms with Crippen LogP contribution in [0.15, 0.2) is 54.6 Å². The Labute approximate surface area is 150 Å². The minimum Gasteiger partial charge on any atom is -0.497 e. The quantitative estimate of drug-likeness (QED) is 0.544. The number of ketones is 1. The molecule has 25 heavy (non-hydrogen) atoms. The molecular formula is C21H26N2O2. The number of ether oxygens (including phenoxy) is 1. The lowest BCUT2D eigenvalue weighted by Crippen LogP contribution is -2.28. The van der Waals surface area contributed by atoms with Crippen LogP contribution in [-0.2, 0) is 0 Å². The van der Waals surface area contributed by atoms with Crippen LogP contribution in [0.1, 0.15) is 15.9 Å². The molecule has 0 atom stereocenters. The van der Waals surface area contributed by atoms with E-state index in [0.717, 1.165) is 30.1 Å². The van der Waals surface area contributed by atoms with Gasteiger partial charge in [-0.25, -0.2) is 0 Å². The van der Waals surface area contributed by atoms with Gasteiger partial charge in [0.05, 0.1) is 7.11 Å². The topological polar surface area (TPSA) is 32.8 Å². The Morgan fingerprint density at radius 3 is 2.40 bits per heavy atom. The smallest absolute Gasteiger partial charge is 0.185 e. The Morgan fingerprint density at radius 1 is 1.04 bits per heavy atom. The average molecular weight is 338 g/mol. The molecule has 132 valence electrons. The molecule has 0 fully saturated rings. The molecule has 0 spiro atoms. The highest BCUT2D eigenvalue weighted by molar-refractivity contribution is 6.07. The summed E-state index contributed by atoms with van der Waals surface area (Å²) in [6.07, 6.45) is 3.44. The lowest BCUT2D eigenvalue weighted by Gasteiger charge is -2.21. The minimum atomic E-state index is -0.00122. The molecular weight excluding hydrogens is 312 g/mol. The van der Waals surface area contributed by atoms with Crippen molar-refractivity contribution in [1.29, 1.82) is 0 Å². The number of methoxy groups -OCH3 is 1. The predicted octanol–water partition coefficient (Wildman–Crippen LogP) is 3.59. The van der Waals surface area contributed by atoms with E-state index in [-0.39, 0.29) is 5.78 Å². The Kier molecular flexibility index (Phi) is 6.78. The maximum atomic E-state index is 12.4. The van der Waals surface area contributed by atoms with Gasteiger partial charge in [-0.3, -0.25) is 4.79 Å². The standard InChI is InChI=1S/C21H26N2O2/c1-22(2)14-15-23(3)19-7-5-6-18(16-19)21(24)13-10-17-8-11-20(25-4)12-9-17/h5-13,16H,14-15H2,1-4H3. The van der Waals surface area contributed by atoms with E-state index < -0.39 is 0 Å². The molecule has 0 heterocycles. The summed E-state index contributed by atoms with van der Waals surface area (Å²) in [5, 5.41) is 0. The van der Waals surface area contributed by atoms with Gasteiger partial charge in [-0.05, 0) is 50.0 Å². The molecule has 0 amide bonds. The summed E-state index contributed by atoms with van der Waals surface area (Å²) in [5.74, 6) is 0.801. The molecule has 0 aliphatic rings. The van der Waals surface area contributed by atoms with E-state index in [1.54, 1.807) is 13.2 Å². The molecule has 0 saturated carbocycles. The van der Waals surface area contributed by atoms with Crippen LogP contribution in [0.5, 0.6) is 5.75 Å². The van der Waals surface area contributed by atoms with Crippen molar-refractivity contribution in [3.05, 3.63) is 65.7 Å². The van der Waals surface area contributed by atoms with E-state index in [2.05, 4.69) is 23.9 Å². The molecule has 0 N–H and O–H groups in total. The summed E-state index contributed by atoms with van der Waals surface area (Å²) in [4.78, 5) is 16.7. The Morgan fingerprint density at radius 2 is 1.76 bits per heavy atom. The minimum absolute atomic E-state index is 0.00122. The van der Waals surface area contributed by atoms with Crippen LogP contribution in [0.2, 0.25) is 0 Å². The number of hydrogen-bond acceptors (Lipinski definition) is 4. The van der Waals surface area contributed by atoms with Gasteiger partial charge in [0.15, 0.2) is 5.78 Å². The van der Waals surface area contributed by atoms with Crippen molar-refractivity contribution in [1.82, 2.24) is 4.90 Å². The van der Waals surface area contributed by atoms with Gasteiger partial charge in [0.25, 0.3) is 0 Å². The van der Waals surface area contributed by atoms with Crippen molar-refractivity contribution in [2.75, 3.05) is 46.2 Å². The molecule has 2 aromatic carbocycles. The second-order valence-corrected chi connectivity index (χ2v) is 6.25. The van der Waals surface area contributed by atoms with Gasteiger partial charge >= 0.3 is 0 Å². The summed E-state index contributed by atoms with van der Waals surface area (Å²) >= 11 is 0. The van der Waals surface area contributed by atoms with Gasteiger partial charge in [-0.1, -0.05) is 30.3 Å². The molecule has 0 aliphatic heterocycles. The first kappa shape index (κ1) is 18.7. The van der Waals surface area contributed by atoms with Crippen LogP contribution in [0.3, 0.4) is 0 Å². The van der Waals surface area contributed by atoms with Crippen molar-refractivity contribution in [3.63, 3.8) is 0 Å². The fourth-order valence-electron chi connectivity index (χ4n) is 2.36. The normalized spacial score (nSPS) is 11.1. The van der Waals surface area contributed by atoms with Gasteiger partial charge in [-0.2, -0.15) is 0 Å². The molecule has 4 heteroatoms. The average Bonchev–Trinajstić information content (AvgIpc) is 2.64. The Balaban J connectivity index is 2.05. The molecule has 4 nitrogen and oxygen atoms in total. The van der Waals surface area contributed by atoms with Crippen molar-refractivity contribution in [2.24, 2.45) is 0 Å². The van der Waals surface area contributed by atoms with E-state index >= 15 is 0 Å². The van der Waals surface area contributed by atoms with E-state index in [1.165, 1.54) is 0 Å². The molecule has 0 radical (unpaired) electrons. The monoisotopic (exact) mass is 338 g/mol. The van der Waals surface area contributed by atoms with Crippen molar-refractivity contribution in [3.8, 4) is 5.75 Å². The summed E-state index contributed by atoms with van der Waals surface area (Å²) in [7, 11) is 7.78. The maximum Gasteiger partial charge on any atom is 0.185 e. The molecule has 0 aromatic heterocycles. The van der Waals surface area contributed by atoms with Crippen molar-refractivity contribution >= 4 is 17.5 Å². The molecule has 0 unspecified atom stereocenters. The lowest BCUT2D eigenvalue weighted by molar-refractivity contribution is 0.104. The predicted molar refractivity (Wildman–Crippen MR) is 105 cm³/mol. The number of benzene rings is 2. The zero-order chi connectivity index (χ0) is 18.2. The van der Waals surface area contributed by atoms with Crippen LogP contribution >= 0.6 is 0 Å². The van der Waals surface area contributed by atoms with Crippen LogP contribution < -0.4 is 9.64 Å². The number of likely N-dealkylation sites (N-methyl/N-ethyl adjacent to an activating group) is 2. The molecule has 2 rings (SSSR count). The van der Waals surface area contributed by atoms with E-state index in [9.17, 15) is 4.79 Å². The van der Waals surface area contributed by atoms with Crippen molar-refractivity contribution < 1.29 is 9.53 Å². The summed E-state index contributed by atoms with van der Waals surface area (Å²) in [6.45, 7) is 1.87. The second kappa shape index (κ2) is 9.04. The first-order valence-corrected chi connectivity index (χ1v) is 8.32. The number of nitrogens with zero attached hydrogens (tertiary/aromatic N) is 2. The van der Waals surface area contributed by atoms with Gasteiger partial charge < -0.3 is 14.5 Å². The van der Waals surface area contributed by atoms with Gasteiger partial charge in [0.1, 0.15) is 5.75 Å². The highest BCUT2D eigenvalue weighted by Crippen LogP contribution is 2.17. The Hall–Kier alpha value is -2.59. The van der Waals surface area contributed by atoms with E-state index in [0.29, 0.717) is 5.56 Å².